The molecule has 0 bridgehead atoms. The summed E-state index contributed by atoms with van der Waals surface area (Å²) in [6.45, 7) is 6.94. The maximum Gasteiger partial charge on any atom is 0.303 e. The Labute approximate surface area is 120 Å². The molecule has 0 spiro atoms. The molecule has 0 radical (unpaired) electrons. The van der Waals surface area contributed by atoms with Crippen LogP contribution in [0.5, 0.6) is 0 Å². The van der Waals surface area contributed by atoms with E-state index in [2.05, 4.69) is 29.4 Å². The minimum Gasteiger partial charge on any atom is -0.481 e. The third-order valence-electron chi connectivity index (χ3n) is 3.58. The van der Waals surface area contributed by atoms with Gasteiger partial charge in [0.1, 0.15) is 0 Å². The van der Waals surface area contributed by atoms with Gasteiger partial charge in [0.15, 0.2) is 0 Å². The van der Waals surface area contributed by atoms with Gasteiger partial charge in [-0.15, -0.1) is 0 Å². The van der Waals surface area contributed by atoms with Crippen molar-refractivity contribution in [3.63, 3.8) is 0 Å². The Balaban J connectivity index is 2.25. The van der Waals surface area contributed by atoms with Crippen molar-refractivity contribution in [2.24, 2.45) is 0 Å². The van der Waals surface area contributed by atoms with Crippen LogP contribution in [0.25, 0.3) is 0 Å². The Bertz CT molecular complexity index is 315. The first kappa shape index (κ1) is 16.9. The van der Waals surface area contributed by atoms with Crippen LogP contribution in [0.3, 0.4) is 0 Å². The summed E-state index contributed by atoms with van der Waals surface area (Å²) in [4.78, 5) is 24.4. The second-order valence-electron chi connectivity index (χ2n) is 5.66. The molecule has 1 heterocycles. The largest absolute Gasteiger partial charge is 0.481 e. The van der Waals surface area contributed by atoms with Crippen molar-refractivity contribution in [2.45, 2.75) is 51.6 Å². The predicted molar refractivity (Wildman–Crippen MR) is 77.6 cm³/mol. The molecule has 0 aromatic rings. The monoisotopic (exact) mass is 285 g/mol. The minimum atomic E-state index is -0.824. The van der Waals surface area contributed by atoms with Gasteiger partial charge >= 0.3 is 5.97 Å². The van der Waals surface area contributed by atoms with E-state index in [4.69, 9.17) is 5.11 Å². The molecule has 0 aromatic carbocycles. The number of amides is 1. The summed E-state index contributed by atoms with van der Waals surface area (Å²) in [7, 11) is 0. The highest BCUT2D eigenvalue weighted by Crippen LogP contribution is 2.09. The Morgan fingerprint density at radius 2 is 2.20 bits per heavy atom. The van der Waals surface area contributed by atoms with Crippen LogP contribution < -0.4 is 10.6 Å². The first-order chi connectivity index (χ1) is 9.49. The molecule has 6 nitrogen and oxygen atoms in total. The number of rotatable bonds is 9. The molecule has 1 unspecified atom stereocenters. The lowest BCUT2D eigenvalue weighted by atomic mass is 10.2. The number of nitrogens with zero attached hydrogens (tertiary/aromatic N) is 1. The highest BCUT2D eigenvalue weighted by Gasteiger charge is 2.21. The molecule has 0 aliphatic carbocycles. The SMILES string of the molecule is CC(C)N(CC(=O)NCCCC(=O)O)CC1CCCN1. The Morgan fingerprint density at radius 3 is 2.75 bits per heavy atom. The summed E-state index contributed by atoms with van der Waals surface area (Å²) in [5.41, 5.74) is 0. The lowest BCUT2D eigenvalue weighted by molar-refractivity contribution is -0.137. The number of carbonyl (C=O) groups excluding carboxylic acids is 1. The fraction of sp³-hybridized carbons (Fsp3) is 0.857. The highest BCUT2D eigenvalue weighted by atomic mass is 16.4. The molecule has 0 saturated carbocycles. The summed E-state index contributed by atoms with van der Waals surface area (Å²) < 4.78 is 0. The molecule has 20 heavy (non-hydrogen) atoms. The average molecular weight is 285 g/mol. The van der Waals surface area contributed by atoms with Gasteiger partial charge in [0.05, 0.1) is 6.54 Å². The maximum atomic E-state index is 11.9. The van der Waals surface area contributed by atoms with E-state index in [1.54, 1.807) is 0 Å². The molecule has 1 rings (SSSR count). The van der Waals surface area contributed by atoms with Crippen LogP contribution in [0, 0.1) is 0 Å². The number of carboxylic acid groups (broad SMARTS) is 1. The van der Waals surface area contributed by atoms with Crippen LogP contribution in [0.15, 0.2) is 0 Å². The number of carbonyl (C=O) groups is 2. The molecule has 3 N–H and O–H groups in total. The summed E-state index contributed by atoms with van der Waals surface area (Å²) in [5, 5.41) is 14.8. The minimum absolute atomic E-state index is 0.0258. The average Bonchev–Trinajstić information content (AvgIpc) is 2.86. The van der Waals surface area contributed by atoms with Crippen molar-refractivity contribution in [3.05, 3.63) is 0 Å². The normalized spacial score (nSPS) is 18.7. The van der Waals surface area contributed by atoms with Crippen molar-refractivity contribution >= 4 is 11.9 Å². The summed E-state index contributed by atoms with van der Waals surface area (Å²) in [6.07, 6.45) is 2.95. The first-order valence-electron chi connectivity index (χ1n) is 7.45. The van der Waals surface area contributed by atoms with Gasteiger partial charge in [0.2, 0.25) is 5.91 Å². The van der Waals surface area contributed by atoms with E-state index in [0.29, 0.717) is 31.6 Å². The molecule has 6 heteroatoms. The second kappa shape index (κ2) is 8.92. The van der Waals surface area contributed by atoms with Crippen molar-refractivity contribution in [1.82, 2.24) is 15.5 Å². The third kappa shape index (κ3) is 6.86. The lowest BCUT2D eigenvalue weighted by Gasteiger charge is -2.28. The zero-order chi connectivity index (χ0) is 15.0. The molecular weight excluding hydrogens is 258 g/mol. The number of aliphatic carboxylic acids is 1. The van der Waals surface area contributed by atoms with E-state index in [1.165, 1.54) is 12.8 Å². The quantitative estimate of drug-likeness (QED) is 0.535. The van der Waals surface area contributed by atoms with Crippen molar-refractivity contribution < 1.29 is 14.7 Å². The number of nitrogens with one attached hydrogen (secondary N) is 2. The summed E-state index contributed by atoms with van der Waals surface area (Å²) >= 11 is 0. The van der Waals surface area contributed by atoms with Crippen LogP contribution in [-0.4, -0.2) is 60.1 Å². The maximum absolute atomic E-state index is 11.9. The molecule has 1 fully saturated rings. The standard InChI is InChI=1S/C14H27N3O3/c1-11(2)17(9-12-5-3-7-15-12)10-13(18)16-8-4-6-14(19)20/h11-12,15H,3-10H2,1-2H3,(H,16,18)(H,19,20). The zero-order valence-corrected chi connectivity index (χ0v) is 12.5. The van der Waals surface area contributed by atoms with E-state index in [0.717, 1.165) is 13.1 Å². The molecule has 0 aromatic heterocycles. The highest BCUT2D eigenvalue weighted by molar-refractivity contribution is 5.78. The van der Waals surface area contributed by atoms with Crippen LogP contribution in [0.2, 0.25) is 0 Å². The predicted octanol–water partition coefficient (Wildman–Crippen LogP) is 0.430. The van der Waals surface area contributed by atoms with Crippen molar-refractivity contribution in [1.29, 1.82) is 0 Å². The molecule has 116 valence electrons. The van der Waals surface area contributed by atoms with E-state index >= 15 is 0 Å². The first-order valence-corrected chi connectivity index (χ1v) is 7.45. The Kier molecular flexibility index (Phi) is 7.54. The smallest absolute Gasteiger partial charge is 0.303 e. The van der Waals surface area contributed by atoms with Gasteiger partial charge in [-0.1, -0.05) is 0 Å². The van der Waals surface area contributed by atoms with Crippen LogP contribution in [0.1, 0.15) is 39.5 Å². The molecule has 1 amide bonds. The van der Waals surface area contributed by atoms with E-state index in [-0.39, 0.29) is 12.3 Å². The van der Waals surface area contributed by atoms with Gasteiger partial charge in [0, 0.05) is 31.6 Å². The fourth-order valence-corrected chi connectivity index (χ4v) is 2.36. The number of carboxylic acids is 1. The van der Waals surface area contributed by atoms with Gasteiger partial charge in [-0.25, -0.2) is 0 Å². The van der Waals surface area contributed by atoms with E-state index in [9.17, 15) is 9.59 Å². The molecule has 1 saturated heterocycles. The fourth-order valence-electron chi connectivity index (χ4n) is 2.36. The number of hydrogen-bond acceptors (Lipinski definition) is 4. The van der Waals surface area contributed by atoms with Crippen molar-refractivity contribution in [2.75, 3.05) is 26.2 Å². The Morgan fingerprint density at radius 1 is 1.45 bits per heavy atom. The second-order valence-corrected chi connectivity index (χ2v) is 5.66. The Hall–Kier alpha value is -1.14. The molecule has 1 aliphatic rings. The summed E-state index contributed by atoms with van der Waals surface area (Å²) in [5.74, 6) is -0.850. The van der Waals surface area contributed by atoms with Crippen LogP contribution >= 0.6 is 0 Å². The van der Waals surface area contributed by atoms with Crippen molar-refractivity contribution in [3.8, 4) is 0 Å². The van der Waals surface area contributed by atoms with Gasteiger partial charge in [-0.2, -0.15) is 0 Å². The van der Waals surface area contributed by atoms with E-state index < -0.39 is 5.97 Å². The third-order valence-corrected chi connectivity index (χ3v) is 3.58. The molecule has 1 atom stereocenters. The number of hydrogen-bond donors (Lipinski definition) is 3. The van der Waals surface area contributed by atoms with Gasteiger partial charge < -0.3 is 15.7 Å². The van der Waals surface area contributed by atoms with Crippen LogP contribution in [0.4, 0.5) is 0 Å². The molecule has 1 aliphatic heterocycles. The zero-order valence-electron chi connectivity index (χ0n) is 12.5. The van der Waals surface area contributed by atoms with Gasteiger partial charge in [-0.3, -0.25) is 14.5 Å². The lowest BCUT2D eigenvalue weighted by Crippen LogP contribution is -2.46. The van der Waals surface area contributed by atoms with Crippen LogP contribution in [-0.2, 0) is 9.59 Å². The van der Waals surface area contributed by atoms with Gasteiger partial charge in [0.25, 0.3) is 0 Å². The van der Waals surface area contributed by atoms with E-state index in [1.807, 2.05) is 0 Å². The molecular formula is C14H27N3O3. The van der Waals surface area contributed by atoms with Gasteiger partial charge in [-0.05, 0) is 39.7 Å². The summed E-state index contributed by atoms with van der Waals surface area (Å²) in [6, 6.07) is 0.805. The topological polar surface area (TPSA) is 81.7 Å².